The van der Waals surface area contributed by atoms with Crippen LogP contribution in [0.2, 0.25) is 0 Å². The predicted octanol–water partition coefficient (Wildman–Crippen LogP) is 2.65. The van der Waals surface area contributed by atoms with Crippen LogP contribution < -0.4 is 10.6 Å². The molecular weight excluding hydrogens is 266 g/mol. The number of hydrogen-bond donors (Lipinski definition) is 2. The lowest BCUT2D eigenvalue weighted by molar-refractivity contribution is 0.0522. The number of carbonyl (C=O) groups excluding carboxylic acids is 1. The van der Waals surface area contributed by atoms with Crippen LogP contribution in [-0.2, 0) is 17.8 Å². The summed E-state index contributed by atoms with van der Waals surface area (Å²) in [7, 11) is 0. The maximum atomic E-state index is 11.6. The molecule has 1 aromatic rings. The lowest BCUT2D eigenvalue weighted by Gasteiger charge is -2.19. The highest BCUT2D eigenvalue weighted by atomic mass is 16.6. The molecule has 0 saturated heterocycles. The summed E-state index contributed by atoms with van der Waals surface area (Å²) in [5, 5.41) is 6.36. The van der Waals surface area contributed by atoms with Gasteiger partial charge in [0.15, 0.2) is 0 Å². The number of rotatable bonds is 6. The third kappa shape index (κ3) is 5.42. The van der Waals surface area contributed by atoms with Crippen molar-refractivity contribution in [3.8, 4) is 0 Å². The van der Waals surface area contributed by atoms with Crippen LogP contribution in [0.5, 0.6) is 0 Å². The van der Waals surface area contributed by atoms with E-state index in [-0.39, 0.29) is 12.1 Å². The third-order valence-corrected chi connectivity index (χ3v) is 3.35. The van der Waals surface area contributed by atoms with Gasteiger partial charge in [0.1, 0.15) is 5.60 Å². The number of alkyl carbamates (subject to hydrolysis) is 1. The lowest BCUT2D eigenvalue weighted by atomic mass is 10.2. The molecular formula is C16H27N3O2. The molecule has 1 saturated carbocycles. The van der Waals surface area contributed by atoms with Crippen molar-refractivity contribution in [3.63, 3.8) is 0 Å². The third-order valence-electron chi connectivity index (χ3n) is 3.35. The highest BCUT2D eigenvalue weighted by molar-refractivity contribution is 5.68. The number of nitrogens with one attached hydrogen (secondary N) is 2. The number of hydrogen-bond acceptors (Lipinski definition) is 3. The molecule has 118 valence electrons. The first kappa shape index (κ1) is 15.9. The van der Waals surface area contributed by atoms with E-state index in [0.29, 0.717) is 6.04 Å². The van der Waals surface area contributed by atoms with Crippen LogP contribution in [0.15, 0.2) is 18.5 Å². The first-order chi connectivity index (χ1) is 9.87. The SMILES string of the molecule is CCCn1ccc(CNC2CC2NC(=O)OC(C)(C)C)c1. The molecule has 0 radical (unpaired) electrons. The summed E-state index contributed by atoms with van der Waals surface area (Å²) < 4.78 is 7.46. The van der Waals surface area contributed by atoms with Crippen molar-refractivity contribution < 1.29 is 9.53 Å². The van der Waals surface area contributed by atoms with Crippen molar-refractivity contribution in [2.45, 2.75) is 71.3 Å². The normalized spacial score (nSPS) is 21.1. The van der Waals surface area contributed by atoms with Crippen LogP contribution >= 0.6 is 0 Å². The summed E-state index contributed by atoms with van der Waals surface area (Å²) in [4.78, 5) is 11.6. The van der Waals surface area contributed by atoms with Crippen LogP contribution in [0.4, 0.5) is 4.79 Å². The topological polar surface area (TPSA) is 55.3 Å². The Morgan fingerprint density at radius 1 is 1.43 bits per heavy atom. The maximum absolute atomic E-state index is 11.6. The number of nitrogens with zero attached hydrogens (tertiary/aromatic N) is 1. The average Bonchev–Trinajstić information content (AvgIpc) is 2.92. The number of carbonyl (C=O) groups is 1. The number of ether oxygens (including phenoxy) is 1. The largest absolute Gasteiger partial charge is 0.444 e. The Morgan fingerprint density at radius 3 is 2.86 bits per heavy atom. The van der Waals surface area contributed by atoms with Gasteiger partial charge in [0.25, 0.3) is 0 Å². The molecule has 0 aliphatic heterocycles. The molecule has 2 N–H and O–H groups in total. The first-order valence-corrected chi connectivity index (χ1v) is 7.75. The summed E-state index contributed by atoms with van der Waals surface area (Å²) >= 11 is 0. The smallest absolute Gasteiger partial charge is 0.407 e. The number of amides is 1. The Kier molecular flexibility index (Phi) is 4.93. The minimum atomic E-state index is -0.440. The van der Waals surface area contributed by atoms with E-state index in [4.69, 9.17) is 4.74 Å². The van der Waals surface area contributed by atoms with Gasteiger partial charge in [0.2, 0.25) is 0 Å². The van der Waals surface area contributed by atoms with Gasteiger partial charge in [-0.1, -0.05) is 6.92 Å². The summed E-state index contributed by atoms with van der Waals surface area (Å²) in [6.07, 6.45) is 6.07. The zero-order valence-corrected chi connectivity index (χ0v) is 13.5. The lowest BCUT2D eigenvalue weighted by Crippen LogP contribution is -2.36. The zero-order chi connectivity index (χ0) is 15.5. The molecule has 2 atom stereocenters. The van der Waals surface area contributed by atoms with Crippen LogP contribution in [0.1, 0.15) is 46.1 Å². The quantitative estimate of drug-likeness (QED) is 0.848. The van der Waals surface area contributed by atoms with Crippen molar-refractivity contribution in [1.29, 1.82) is 0 Å². The second kappa shape index (κ2) is 6.52. The van der Waals surface area contributed by atoms with Crippen molar-refractivity contribution in [3.05, 3.63) is 24.0 Å². The molecule has 1 heterocycles. The van der Waals surface area contributed by atoms with E-state index in [2.05, 4.69) is 40.6 Å². The van der Waals surface area contributed by atoms with E-state index in [0.717, 1.165) is 25.9 Å². The summed E-state index contributed by atoms with van der Waals surface area (Å²) in [5.74, 6) is 0. The monoisotopic (exact) mass is 293 g/mol. The van der Waals surface area contributed by atoms with Crippen molar-refractivity contribution in [1.82, 2.24) is 15.2 Å². The molecule has 0 spiro atoms. The molecule has 5 nitrogen and oxygen atoms in total. The molecule has 1 aliphatic carbocycles. The van der Waals surface area contributed by atoms with Gasteiger partial charge in [-0.3, -0.25) is 0 Å². The van der Waals surface area contributed by atoms with E-state index in [1.807, 2.05) is 20.8 Å². The standard InChI is InChI=1S/C16H27N3O2/c1-5-7-19-8-6-12(11-19)10-17-13-9-14(13)18-15(20)21-16(2,3)4/h6,8,11,13-14,17H,5,7,9-10H2,1-4H3,(H,18,20). The van der Waals surface area contributed by atoms with E-state index >= 15 is 0 Å². The second-order valence-corrected chi connectivity index (χ2v) is 6.73. The highest BCUT2D eigenvalue weighted by Crippen LogP contribution is 2.22. The molecule has 0 bridgehead atoms. The van der Waals surface area contributed by atoms with Gasteiger partial charge in [0, 0.05) is 37.6 Å². The summed E-state index contributed by atoms with van der Waals surface area (Å²) in [6.45, 7) is 9.69. The Hall–Kier alpha value is -1.49. The van der Waals surface area contributed by atoms with Gasteiger partial charge in [-0.15, -0.1) is 0 Å². The van der Waals surface area contributed by atoms with Gasteiger partial charge in [-0.25, -0.2) is 4.79 Å². The molecule has 2 rings (SSSR count). The molecule has 0 aromatic carbocycles. The molecule has 1 amide bonds. The number of aryl methyl sites for hydroxylation is 1. The summed E-state index contributed by atoms with van der Waals surface area (Å²) in [5.41, 5.74) is 0.843. The van der Waals surface area contributed by atoms with Gasteiger partial charge in [0.05, 0.1) is 0 Å². The molecule has 1 aromatic heterocycles. The molecule has 2 unspecified atom stereocenters. The zero-order valence-electron chi connectivity index (χ0n) is 13.5. The van der Waals surface area contributed by atoms with Gasteiger partial charge < -0.3 is 19.9 Å². The molecule has 1 aliphatic rings. The minimum absolute atomic E-state index is 0.192. The fraction of sp³-hybridized carbons (Fsp3) is 0.688. The van der Waals surface area contributed by atoms with E-state index in [1.165, 1.54) is 5.56 Å². The maximum Gasteiger partial charge on any atom is 0.407 e. The fourth-order valence-corrected chi connectivity index (χ4v) is 2.28. The van der Waals surface area contributed by atoms with Crippen molar-refractivity contribution in [2.75, 3.05) is 0 Å². The van der Waals surface area contributed by atoms with E-state index in [9.17, 15) is 4.79 Å². The second-order valence-electron chi connectivity index (χ2n) is 6.73. The summed E-state index contributed by atoms with van der Waals surface area (Å²) in [6, 6.07) is 2.69. The van der Waals surface area contributed by atoms with E-state index in [1.54, 1.807) is 0 Å². The Balaban J connectivity index is 1.66. The Bertz CT molecular complexity index is 476. The van der Waals surface area contributed by atoms with Crippen LogP contribution in [0, 0.1) is 0 Å². The molecule has 21 heavy (non-hydrogen) atoms. The molecule has 1 fully saturated rings. The van der Waals surface area contributed by atoms with Crippen LogP contribution in [0.3, 0.4) is 0 Å². The minimum Gasteiger partial charge on any atom is -0.444 e. The van der Waals surface area contributed by atoms with Crippen LogP contribution in [-0.4, -0.2) is 28.3 Å². The van der Waals surface area contributed by atoms with Gasteiger partial charge in [-0.05, 0) is 45.2 Å². The molecule has 5 heteroatoms. The van der Waals surface area contributed by atoms with Crippen molar-refractivity contribution >= 4 is 6.09 Å². The average molecular weight is 293 g/mol. The van der Waals surface area contributed by atoms with Crippen LogP contribution in [0.25, 0.3) is 0 Å². The fourth-order valence-electron chi connectivity index (χ4n) is 2.28. The Morgan fingerprint density at radius 2 is 2.19 bits per heavy atom. The Labute approximate surface area is 127 Å². The van der Waals surface area contributed by atoms with E-state index < -0.39 is 5.60 Å². The predicted molar refractivity (Wildman–Crippen MR) is 83.1 cm³/mol. The first-order valence-electron chi connectivity index (χ1n) is 7.75. The van der Waals surface area contributed by atoms with Gasteiger partial charge >= 0.3 is 6.09 Å². The number of aromatic nitrogens is 1. The highest BCUT2D eigenvalue weighted by Gasteiger charge is 2.38. The van der Waals surface area contributed by atoms with Gasteiger partial charge in [-0.2, -0.15) is 0 Å². The van der Waals surface area contributed by atoms with Crippen molar-refractivity contribution in [2.24, 2.45) is 0 Å².